The highest BCUT2D eigenvalue weighted by Crippen LogP contribution is 2.18. The summed E-state index contributed by atoms with van der Waals surface area (Å²) in [6.07, 6.45) is 12.7. The van der Waals surface area contributed by atoms with Gasteiger partial charge in [0.1, 0.15) is 0 Å². The molecule has 1 saturated heterocycles. The highest BCUT2D eigenvalue weighted by Gasteiger charge is 2.22. The Kier molecular flexibility index (Phi) is 9.35. The lowest BCUT2D eigenvalue weighted by molar-refractivity contribution is -0.124. The van der Waals surface area contributed by atoms with Gasteiger partial charge in [-0.1, -0.05) is 81.3 Å². The topological polar surface area (TPSA) is 80.0 Å². The van der Waals surface area contributed by atoms with Gasteiger partial charge in [-0.2, -0.15) is 4.98 Å². The molecule has 1 aromatic heterocycles. The van der Waals surface area contributed by atoms with Crippen molar-refractivity contribution in [2.75, 3.05) is 13.1 Å². The molecule has 6 nitrogen and oxygen atoms in total. The van der Waals surface area contributed by atoms with Gasteiger partial charge >= 0.3 is 0 Å². The fourth-order valence-corrected chi connectivity index (χ4v) is 3.91. The summed E-state index contributed by atoms with van der Waals surface area (Å²) in [6.45, 7) is 4.18. The zero-order valence-electron chi connectivity index (χ0n) is 18.3. The van der Waals surface area contributed by atoms with E-state index in [4.69, 9.17) is 4.52 Å². The Bertz CT molecular complexity index is 751. The number of carbonyl (C=O) groups excluding carboxylic acids is 1. The van der Waals surface area contributed by atoms with Crippen LogP contribution in [0, 0.1) is 5.92 Å². The minimum atomic E-state index is 0.0426. The third kappa shape index (κ3) is 7.24. The van der Waals surface area contributed by atoms with Crippen LogP contribution < -0.4 is 10.6 Å². The van der Waals surface area contributed by atoms with Crippen LogP contribution in [-0.2, 0) is 17.8 Å². The Morgan fingerprint density at radius 2 is 1.83 bits per heavy atom. The van der Waals surface area contributed by atoms with Crippen LogP contribution in [0.2, 0.25) is 0 Å². The number of aromatic nitrogens is 2. The average Bonchev–Trinajstić information content (AvgIpc) is 3.47. The third-order valence-corrected chi connectivity index (χ3v) is 5.84. The first-order chi connectivity index (χ1) is 14.8. The smallest absolute Gasteiger partial charge is 0.246 e. The first kappa shape index (κ1) is 22.5. The number of hydrogen-bond donors (Lipinski definition) is 2. The molecule has 1 aliphatic rings. The number of carbonyl (C=O) groups is 1. The number of nitrogens with zero attached hydrogens (tertiary/aromatic N) is 2. The van der Waals surface area contributed by atoms with E-state index in [0.29, 0.717) is 11.7 Å². The molecule has 2 aromatic rings. The number of benzene rings is 1. The SMILES string of the molecule is CCCCCCCCCCc1ccc(-c2noc(CNC(=O)[C@@H]3CCNC3)n2)cc1. The van der Waals surface area contributed by atoms with Crippen LogP contribution in [0.5, 0.6) is 0 Å². The van der Waals surface area contributed by atoms with Gasteiger partial charge in [0.05, 0.1) is 12.5 Å². The van der Waals surface area contributed by atoms with Crippen molar-refractivity contribution in [1.29, 1.82) is 0 Å². The third-order valence-electron chi connectivity index (χ3n) is 5.84. The molecule has 1 atom stereocenters. The molecule has 0 bridgehead atoms. The Labute approximate surface area is 180 Å². The summed E-state index contributed by atoms with van der Waals surface area (Å²) in [5, 5.41) is 10.1. The first-order valence-corrected chi connectivity index (χ1v) is 11.7. The molecule has 1 aliphatic heterocycles. The second kappa shape index (κ2) is 12.5. The monoisotopic (exact) mass is 412 g/mol. The number of nitrogens with one attached hydrogen (secondary N) is 2. The molecule has 30 heavy (non-hydrogen) atoms. The molecule has 6 heteroatoms. The molecular weight excluding hydrogens is 376 g/mol. The minimum absolute atomic E-state index is 0.0426. The highest BCUT2D eigenvalue weighted by atomic mass is 16.5. The fraction of sp³-hybridized carbons (Fsp3) is 0.625. The van der Waals surface area contributed by atoms with Gasteiger partial charge in [0.15, 0.2) is 0 Å². The molecule has 1 amide bonds. The van der Waals surface area contributed by atoms with Crippen LogP contribution in [-0.4, -0.2) is 29.1 Å². The lowest BCUT2D eigenvalue weighted by Gasteiger charge is -2.07. The lowest BCUT2D eigenvalue weighted by atomic mass is 10.0. The summed E-state index contributed by atoms with van der Waals surface area (Å²) in [5.41, 5.74) is 2.29. The van der Waals surface area contributed by atoms with E-state index in [1.165, 1.54) is 56.9 Å². The van der Waals surface area contributed by atoms with E-state index >= 15 is 0 Å². The van der Waals surface area contributed by atoms with E-state index in [9.17, 15) is 4.79 Å². The molecule has 0 unspecified atom stereocenters. The van der Waals surface area contributed by atoms with Crippen molar-refractivity contribution >= 4 is 5.91 Å². The minimum Gasteiger partial charge on any atom is -0.347 e. The van der Waals surface area contributed by atoms with E-state index < -0.39 is 0 Å². The van der Waals surface area contributed by atoms with Gasteiger partial charge in [0.2, 0.25) is 17.6 Å². The Morgan fingerprint density at radius 1 is 1.10 bits per heavy atom. The van der Waals surface area contributed by atoms with Crippen LogP contribution in [0.1, 0.15) is 76.2 Å². The Balaban J connectivity index is 1.37. The zero-order valence-corrected chi connectivity index (χ0v) is 18.3. The Morgan fingerprint density at radius 3 is 2.53 bits per heavy atom. The normalized spacial score (nSPS) is 16.1. The largest absolute Gasteiger partial charge is 0.347 e. The molecule has 2 heterocycles. The van der Waals surface area contributed by atoms with E-state index in [1.54, 1.807) is 0 Å². The highest BCUT2D eigenvalue weighted by molar-refractivity contribution is 5.79. The average molecular weight is 413 g/mol. The van der Waals surface area contributed by atoms with Crippen molar-refractivity contribution < 1.29 is 9.32 Å². The molecule has 2 N–H and O–H groups in total. The maximum Gasteiger partial charge on any atom is 0.246 e. The van der Waals surface area contributed by atoms with Gasteiger partial charge in [0.25, 0.3) is 0 Å². The summed E-state index contributed by atoms with van der Waals surface area (Å²) in [7, 11) is 0. The molecule has 0 aliphatic carbocycles. The second-order valence-corrected chi connectivity index (χ2v) is 8.34. The van der Waals surface area contributed by atoms with E-state index in [1.807, 2.05) is 0 Å². The summed E-state index contributed by atoms with van der Waals surface area (Å²) >= 11 is 0. The van der Waals surface area contributed by atoms with Gasteiger partial charge in [-0.25, -0.2) is 0 Å². The van der Waals surface area contributed by atoms with Crippen LogP contribution in [0.4, 0.5) is 0 Å². The molecular formula is C24H36N4O2. The maximum absolute atomic E-state index is 12.1. The van der Waals surface area contributed by atoms with Crippen molar-refractivity contribution in [2.24, 2.45) is 5.92 Å². The summed E-state index contributed by atoms with van der Waals surface area (Å²) in [4.78, 5) is 16.5. The predicted molar refractivity (Wildman–Crippen MR) is 119 cm³/mol. The molecule has 0 spiro atoms. The first-order valence-electron chi connectivity index (χ1n) is 11.7. The summed E-state index contributed by atoms with van der Waals surface area (Å²) in [6, 6.07) is 8.41. The van der Waals surface area contributed by atoms with E-state index in [2.05, 4.69) is 52.0 Å². The van der Waals surface area contributed by atoms with Crippen molar-refractivity contribution in [1.82, 2.24) is 20.8 Å². The van der Waals surface area contributed by atoms with Crippen molar-refractivity contribution in [3.8, 4) is 11.4 Å². The molecule has 3 rings (SSSR count). The number of amides is 1. The molecule has 1 aromatic carbocycles. The number of rotatable bonds is 13. The predicted octanol–water partition coefficient (Wildman–Crippen LogP) is 4.65. The molecule has 1 fully saturated rings. The van der Waals surface area contributed by atoms with Gasteiger partial charge in [-0.3, -0.25) is 4.79 Å². The van der Waals surface area contributed by atoms with Crippen molar-refractivity contribution in [3.05, 3.63) is 35.7 Å². The van der Waals surface area contributed by atoms with Gasteiger partial charge in [0, 0.05) is 12.1 Å². The van der Waals surface area contributed by atoms with Crippen LogP contribution in [0.15, 0.2) is 28.8 Å². The zero-order chi connectivity index (χ0) is 21.0. The number of aryl methyl sites for hydroxylation is 1. The van der Waals surface area contributed by atoms with Gasteiger partial charge < -0.3 is 15.2 Å². The van der Waals surface area contributed by atoms with Crippen LogP contribution >= 0.6 is 0 Å². The number of unbranched alkanes of at least 4 members (excludes halogenated alkanes) is 7. The van der Waals surface area contributed by atoms with Crippen molar-refractivity contribution in [2.45, 2.75) is 77.7 Å². The molecule has 0 radical (unpaired) electrons. The van der Waals surface area contributed by atoms with Crippen LogP contribution in [0.3, 0.4) is 0 Å². The van der Waals surface area contributed by atoms with Gasteiger partial charge in [-0.05, 0) is 31.4 Å². The second-order valence-electron chi connectivity index (χ2n) is 8.34. The maximum atomic E-state index is 12.1. The van der Waals surface area contributed by atoms with E-state index in [0.717, 1.165) is 31.5 Å². The lowest BCUT2D eigenvalue weighted by Crippen LogP contribution is -2.31. The van der Waals surface area contributed by atoms with Gasteiger partial charge in [-0.15, -0.1) is 0 Å². The number of hydrogen-bond acceptors (Lipinski definition) is 5. The van der Waals surface area contributed by atoms with Crippen LogP contribution in [0.25, 0.3) is 11.4 Å². The molecule has 164 valence electrons. The summed E-state index contributed by atoms with van der Waals surface area (Å²) in [5.74, 6) is 1.10. The fourth-order valence-electron chi connectivity index (χ4n) is 3.91. The Hall–Kier alpha value is -2.21. The standard InChI is InChI=1S/C24H36N4O2/c1-2-3-4-5-6-7-8-9-10-19-11-13-20(14-12-19)23-27-22(30-28-23)18-26-24(29)21-15-16-25-17-21/h11-14,21,25H,2-10,15-18H2,1H3,(H,26,29)/t21-/m1/s1. The summed E-state index contributed by atoms with van der Waals surface area (Å²) < 4.78 is 5.30. The van der Waals surface area contributed by atoms with Crippen molar-refractivity contribution in [3.63, 3.8) is 0 Å². The molecule has 0 saturated carbocycles. The van der Waals surface area contributed by atoms with E-state index in [-0.39, 0.29) is 18.4 Å². The quantitative estimate of drug-likeness (QED) is 0.468.